The lowest BCUT2D eigenvalue weighted by Gasteiger charge is -2.13. The van der Waals surface area contributed by atoms with Crippen LogP contribution < -0.4 is 11.0 Å². The second kappa shape index (κ2) is 8.27. The molecule has 2 N–H and O–H groups in total. The molecule has 0 fully saturated rings. The maximum absolute atomic E-state index is 13.2. The van der Waals surface area contributed by atoms with E-state index in [1.807, 2.05) is 25.1 Å². The van der Waals surface area contributed by atoms with Crippen LogP contribution in [0.2, 0.25) is 0 Å². The van der Waals surface area contributed by atoms with Crippen LogP contribution in [-0.4, -0.2) is 49.9 Å². The lowest BCUT2D eigenvalue weighted by atomic mass is 10.1. The average Bonchev–Trinajstić information content (AvgIpc) is 3.34. The molecular formula is C21H25N5O4. The Hall–Kier alpha value is -3.20. The van der Waals surface area contributed by atoms with Gasteiger partial charge >= 0.3 is 11.7 Å². The molecule has 9 heteroatoms. The molecule has 1 aromatic carbocycles. The van der Waals surface area contributed by atoms with Crippen molar-refractivity contribution >= 4 is 11.8 Å². The number of carboxylic acid groups (broad SMARTS) is 1. The Labute approximate surface area is 173 Å². The normalized spacial score (nSPS) is 16.4. The molecule has 3 heterocycles. The molecule has 3 aliphatic heterocycles. The highest BCUT2D eigenvalue weighted by atomic mass is 16.5. The minimum atomic E-state index is -1.06. The lowest BCUT2D eigenvalue weighted by Crippen LogP contribution is -2.32. The van der Waals surface area contributed by atoms with E-state index in [2.05, 4.69) is 27.4 Å². The van der Waals surface area contributed by atoms with Gasteiger partial charge in [-0.2, -0.15) is 0 Å². The summed E-state index contributed by atoms with van der Waals surface area (Å²) in [6.07, 6.45) is 1.51. The van der Waals surface area contributed by atoms with Crippen molar-refractivity contribution in [1.29, 1.82) is 0 Å². The van der Waals surface area contributed by atoms with Crippen molar-refractivity contribution in [3.8, 4) is 11.5 Å². The molecule has 158 valence electrons. The van der Waals surface area contributed by atoms with Crippen molar-refractivity contribution in [3.05, 3.63) is 52.2 Å². The monoisotopic (exact) mass is 411 g/mol. The standard InChI is InChI=1S/C21H25N5O4/c1-3-9-25-19-16(23-17(24-19)15(12-30-2)20(27)28)18-22-14(11-26(18)21(25)29)10-13-7-5-4-6-8-13/h4-8,14-15,22H,3,9-12H2,1-2H3,(H,27,28). The van der Waals surface area contributed by atoms with Gasteiger partial charge in [-0.3, -0.25) is 13.9 Å². The van der Waals surface area contributed by atoms with Gasteiger partial charge in [0.2, 0.25) is 0 Å². The Morgan fingerprint density at radius 2 is 2.10 bits per heavy atom. The van der Waals surface area contributed by atoms with Crippen LogP contribution >= 0.6 is 0 Å². The second-order valence-corrected chi connectivity index (χ2v) is 7.52. The van der Waals surface area contributed by atoms with Gasteiger partial charge in [-0.15, -0.1) is 0 Å². The van der Waals surface area contributed by atoms with Crippen molar-refractivity contribution in [1.82, 2.24) is 19.1 Å². The predicted octanol–water partition coefficient (Wildman–Crippen LogP) is 1.81. The van der Waals surface area contributed by atoms with E-state index in [0.717, 1.165) is 12.8 Å². The predicted molar refractivity (Wildman–Crippen MR) is 111 cm³/mol. The van der Waals surface area contributed by atoms with Crippen LogP contribution in [0.5, 0.6) is 0 Å². The summed E-state index contributed by atoms with van der Waals surface area (Å²) in [7, 11) is 1.44. The highest BCUT2D eigenvalue weighted by Gasteiger charge is 2.34. The average molecular weight is 411 g/mol. The summed E-state index contributed by atoms with van der Waals surface area (Å²) in [6.45, 7) is 2.95. The zero-order chi connectivity index (χ0) is 21.3. The zero-order valence-electron chi connectivity index (χ0n) is 17.0. The van der Waals surface area contributed by atoms with Crippen LogP contribution in [0.1, 0.15) is 30.7 Å². The molecule has 1 aromatic rings. The van der Waals surface area contributed by atoms with Crippen molar-refractivity contribution < 1.29 is 14.6 Å². The van der Waals surface area contributed by atoms with Gasteiger partial charge in [-0.1, -0.05) is 37.3 Å². The molecule has 0 spiro atoms. The molecule has 2 atom stereocenters. The van der Waals surface area contributed by atoms with E-state index in [1.165, 1.54) is 12.7 Å². The largest absolute Gasteiger partial charge is 0.481 e. The van der Waals surface area contributed by atoms with Crippen LogP contribution in [0.25, 0.3) is 11.5 Å². The van der Waals surface area contributed by atoms with Crippen LogP contribution in [0.3, 0.4) is 0 Å². The SMILES string of the molecule is CCCn1c2nc(C(COC)C(=O)O)nc-2c2n(c1=O)CC(Cc1ccccc1)N2. The molecule has 0 aromatic heterocycles. The Balaban J connectivity index is 1.77. The lowest BCUT2D eigenvalue weighted by molar-refractivity contribution is -0.140. The molecule has 0 saturated carbocycles. The zero-order valence-corrected chi connectivity index (χ0v) is 17.0. The van der Waals surface area contributed by atoms with Gasteiger partial charge < -0.3 is 15.2 Å². The molecule has 30 heavy (non-hydrogen) atoms. The quantitative estimate of drug-likeness (QED) is 0.581. The van der Waals surface area contributed by atoms with Crippen LogP contribution in [0.15, 0.2) is 35.1 Å². The fourth-order valence-electron chi connectivity index (χ4n) is 3.95. The summed E-state index contributed by atoms with van der Waals surface area (Å²) in [6, 6.07) is 10.1. The van der Waals surface area contributed by atoms with E-state index in [1.54, 1.807) is 9.13 Å². The maximum atomic E-state index is 13.2. The number of imidazole rings is 1. The fraction of sp³-hybridized carbons (Fsp3) is 0.429. The van der Waals surface area contributed by atoms with Crippen molar-refractivity contribution in [2.45, 2.75) is 44.8 Å². The van der Waals surface area contributed by atoms with Crippen molar-refractivity contribution in [2.24, 2.45) is 0 Å². The van der Waals surface area contributed by atoms with Gasteiger partial charge in [0.05, 0.1) is 6.61 Å². The molecule has 9 nitrogen and oxygen atoms in total. The first-order valence-electron chi connectivity index (χ1n) is 10.1. The van der Waals surface area contributed by atoms with Crippen LogP contribution in [0.4, 0.5) is 5.82 Å². The molecule has 0 saturated heterocycles. The summed E-state index contributed by atoms with van der Waals surface area (Å²) in [4.78, 5) is 33.9. The number of anilines is 1. The molecule has 0 aliphatic carbocycles. The number of aliphatic carboxylic acids is 1. The first kappa shape index (κ1) is 20.1. The Kier molecular flexibility index (Phi) is 5.54. The Bertz CT molecular complexity index is 1080. The number of ether oxygens (including phenoxy) is 1. The summed E-state index contributed by atoms with van der Waals surface area (Å²) < 4.78 is 8.32. The van der Waals surface area contributed by atoms with E-state index < -0.39 is 11.9 Å². The van der Waals surface area contributed by atoms with Crippen molar-refractivity contribution in [2.75, 3.05) is 19.0 Å². The second-order valence-electron chi connectivity index (χ2n) is 7.52. The minimum Gasteiger partial charge on any atom is -0.481 e. The number of fused-ring (bicyclic) bond motifs is 3. The first-order valence-corrected chi connectivity index (χ1v) is 10.1. The summed E-state index contributed by atoms with van der Waals surface area (Å²) in [5, 5.41) is 13.0. The van der Waals surface area contributed by atoms with E-state index in [9.17, 15) is 14.7 Å². The number of methoxy groups -OCH3 is 1. The Morgan fingerprint density at radius 1 is 1.33 bits per heavy atom. The molecule has 0 bridgehead atoms. The molecule has 3 aliphatic rings. The number of carbonyl (C=O) groups is 1. The highest BCUT2D eigenvalue weighted by Crippen LogP contribution is 2.32. The molecule has 2 unspecified atom stereocenters. The third kappa shape index (κ3) is 3.56. The van der Waals surface area contributed by atoms with Gasteiger partial charge in [-0.25, -0.2) is 14.8 Å². The van der Waals surface area contributed by atoms with Gasteiger partial charge in [-0.05, 0) is 18.4 Å². The van der Waals surface area contributed by atoms with E-state index in [-0.39, 0.29) is 24.2 Å². The third-order valence-corrected chi connectivity index (χ3v) is 5.33. The maximum Gasteiger partial charge on any atom is 0.331 e. The summed E-state index contributed by atoms with van der Waals surface area (Å²) in [5.74, 6) is -0.877. The summed E-state index contributed by atoms with van der Waals surface area (Å²) >= 11 is 0. The van der Waals surface area contributed by atoms with E-state index >= 15 is 0 Å². The summed E-state index contributed by atoms with van der Waals surface area (Å²) in [5.41, 5.74) is 1.54. The fourth-order valence-corrected chi connectivity index (χ4v) is 3.95. The third-order valence-electron chi connectivity index (χ3n) is 5.33. The number of hydrogen-bond donors (Lipinski definition) is 2. The van der Waals surface area contributed by atoms with Crippen molar-refractivity contribution in [3.63, 3.8) is 0 Å². The first-order chi connectivity index (χ1) is 14.5. The molecule has 0 amide bonds. The minimum absolute atomic E-state index is 0.0372. The number of rotatable bonds is 8. The Morgan fingerprint density at radius 3 is 2.77 bits per heavy atom. The van der Waals surface area contributed by atoms with E-state index in [0.29, 0.717) is 30.4 Å². The van der Waals surface area contributed by atoms with Gasteiger partial charge in [0.25, 0.3) is 0 Å². The molecule has 0 radical (unpaired) electrons. The smallest absolute Gasteiger partial charge is 0.331 e. The number of benzene rings is 1. The van der Waals surface area contributed by atoms with Gasteiger partial charge in [0.1, 0.15) is 23.3 Å². The number of nitrogens with one attached hydrogen (secondary N) is 1. The van der Waals surface area contributed by atoms with Gasteiger partial charge in [0, 0.05) is 26.2 Å². The molecular weight excluding hydrogens is 386 g/mol. The van der Waals surface area contributed by atoms with Crippen LogP contribution in [-0.2, 0) is 29.0 Å². The van der Waals surface area contributed by atoms with Gasteiger partial charge in [0.15, 0.2) is 5.82 Å². The number of aromatic nitrogens is 4. The highest BCUT2D eigenvalue weighted by molar-refractivity contribution is 5.77. The van der Waals surface area contributed by atoms with Crippen LogP contribution in [0, 0.1) is 0 Å². The topological polar surface area (TPSA) is 111 Å². The van der Waals surface area contributed by atoms with E-state index in [4.69, 9.17) is 4.74 Å². The number of hydrogen-bond acceptors (Lipinski definition) is 6. The molecule has 4 rings (SSSR count). The number of carboxylic acids is 1. The number of nitrogens with zero attached hydrogens (tertiary/aromatic N) is 4.